The molecule has 1 aromatic carbocycles. The van der Waals surface area contributed by atoms with Crippen LogP contribution in [0.4, 0.5) is 0 Å². The van der Waals surface area contributed by atoms with Gasteiger partial charge in [-0.25, -0.2) is 4.68 Å². The zero-order valence-corrected chi connectivity index (χ0v) is 13.7. The van der Waals surface area contributed by atoms with Gasteiger partial charge in [0.15, 0.2) is 5.69 Å². The first kappa shape index (κ1) is 17.0. The van der Waals surface area contributed by atoms with Crippen molar-refractivity contribution in [2.75, 3.05) is 13.1 Å². The molecule has 2 aromatic rings. The van der Waals surface area contributed by atoms with Crippen molar-refractivity contribution in [1.29, 1.82) is 0 Å². The van der Waals surface area contributed by atoms with Gasteiger partial charge in [-0.2, -0.15) is 5.10 Å². The van der Waals surface area contributed by atoms with Gasteiger partial charge in [-0.05, 0) is 32.0 Å². The Labute approximate surface area is 139 Å². The van der Waals surface area contributed by atoms with E-state index in [4.69, 9.17) is 16.7 Å². The van der Waals surface area contributed by atoms with Crippen LogP contribution in [-0.4, -0.2) is 44.8 Å². The Morgan fingerprint density at radius 3 is 2.65 bits per heavy atom. The highest BCUT2D eigenvalue weighted by molar-refractivity contribution is 6.32. The van der Waals surface area contributed by atoms with E-state index in [9.17, 15) is 9.59 Å². The van der Waals surface area contributed by atoms with E-state index in [0.717, 1.165) is 5.69 Å². The molecule has 0 saturated heterocycles. The predicted octanol–water partition coefficient (Wildman–Crippen LogP) is 2.77. The van der Waals surface area contributed by atoms with Crippen molar-refractivity contribution in [3.05, 3.63) is 46.7 Å². The minimum Gasteiger partial charge on any atom is -0.481 e. The number of aryl methyl sites for hydroxylation is 1. The summed E-state index contributed by atoms with van der Waals surface area (Å²) in [5, 5.41) is 13.6. The third-order valence-corrected chi connectivity index (χ3v) is 3.77. The number of carbonyl (C=O) groups is 2. The summed E-state index contributed by atoms with van der Waals surface area (Å²) in [5.74, 6) is -1.23. The second-order valence-corrected chi connectivity index (χ2v) is 5.47. The second-order valence-electron chi connectivity index (χ2n) is 5.06. The van der Waals surface area contributed by atoms with Crippen molar-refractivity contribution >= 4 is 23.5 Å². The third-order valence-electron chi connectivity index (χ3n) is 3.45. The van der Waals surface area contributed by atoms with Crippen molar-refractivity contribution in [1.82, 2.24) is 14.7 Å². The van der Waals surface area contributed by atoms with Gasteiger partial charge in [0.1, 0.15) is 0 Å². The first-order valence-corrected chi connectivity index (χ1v) is 7.64. The van der Waals surface area contributed by atoms with E-state index in [1.54, 1.807) is 23.7 Å². The Hall–Kier alpha value is -2.34. The van der Waals surface area contributed by atoms with Gasteiger partial charge in [0, 0.05) is 18.8 Å². The monoisotopic (exact) mass is 335 g/mol. The molecule has 0 fully saturated rings. The molecule has 23 heavy (non-hydrogen) atoms. The van der Waals surface area contributed by atoms with E-state index >= 15 is 0 Å². The summed E-state index contributed by atoms with van der Waals surface area (Å²) in [7, 11) is 0. The maximum atomic E-state index is 12.5. The average molecular weight is 336 g/mol. The van der Waals surface area contributed by atoms with Crippen LogP contribution in [-0.2, 0) is 4.79 Å². The zero-order chi connectivity index (χ0) is 17.0. The molecule has 2 rings (SSSR count). The SMILES string of the molecule is CCN(CCC(=O)O)C(=O)c1cc(C)n(-c2ccccc2Cl)n1. The molecule has 0 aliphatic heterocycles. The molecule has 0 spiro atoms. The van der Waals surface area contributed by atoms with E-state index in [-0.39, 0.29) is 24.6 Å². The lowest BCUT2D eigenvalue weighted by molar-refractivity contribution is -0.137. The van der Waals surface area contributed by atoms with Crippen LogP contribution in [0.15, 0.2) is 30.3 Å². The fraction of sp³-hybridized carbons (Fsp3) is 0.312. The van der Waals surface area contributed by atoms with Crippen molar-refractivity contribution < 1.29 is 14.7 Å². The van der Waals surface area contributed by atoms with E-state index in [1.165, 1.54) is 4.90 Å². The summed E-state index contributed by atoms with van der Waals surface area (Å²) in [6.45, 7) is 4.21. The number of halogens is 1. The van der Waals surface area contributed by atoms with Crippen LogP contribution in [0.25, 0.3) is 5.69 Å². The lowest BCUT2D eigenvalue weighted by Gasteiger charge is -2.18. The summed E-state index contributed by atoms with van der Waals surface area (Å²) >= 11 is 6.17. The van der Waals surface area contributed by atoms with Crippen LogP contribution in [0.3, 0.4) is 0 Å². The molecule has 7 heteroatoms. The fourth-order valence-corrected chi connectivity index (χ4v) is 2.46. The number of rotatable bonds is 6. The van der Waals surface area contributed by atoms with Crippen LogP contribution >= 0.6 is 11.6 Å². The highest BCUT2D eigenvalue weighted by Crippen LogP contribution is 2.21. The van der Waals surface area contributed by atoms with Crippen LogP contribution in [0.1, 0.15) is 29.5 Å². The van der Waals surface area contributed by atoms with Crippen molar-refractivity contribution in [2.45, 2.75) is 20.3 Å². The molecule has 122 valence electrons. The van der Waals surface area contributed by atoms with Crippen LogP contribution < -0.4 is 0 Å². The van der Waals surface area contributed by atoms with E-state index < -0.39 is 5.97 Å². The van der Waals surface area contributed by atoms with Crippen LogP contribution in [0.2, 0.25) is 5.02 Å². The Bertz CT molecular complexity index is 727. The van der Waals surface area contributed by atoms with Gasteiger partial charge in [-0.15, -0.1) is 0 Å². The lowest BCUT2D eigenvalue weighted by atomic mass is 10.3. The van der Waals surface area contributed by atoms with Gasteiger partial charge >= 0.3 is 5.97 Å². The smallest absolute Gasteiger partial charge is 0.305 e. The van der Waals surface area contributed by atoms with Gasteiger partial charge in [0.05, 0.1) is 17.1 Å². The molecule has 1 amide bonds. The summed E-state index contributed by atoms with van der Waals surface area (Å²) in [4.78, 5) is 24.6. The lowest BCUT2D eigenvalue weighted by Crippen LogP contribution is -2.33. The number of carbonyl (C=O) groups excluding carboxylic acids is 1. The Balaban J connectivity index is 2.28. The molecule has 1 heterocycles. The molecule has 0 atom stereocenters. The Kier molecular flexibility index (Phi) is 5.39. The number of hydrogen-bond donors (Lipinski definition) is 1. The fourth-order valence-electron chi connectivity index (χ4n) is 2.24. The number of aromatic nitrogens is 2. The third kappa shape index (κ3) is 3.90. The Morgan fingerprint density at radius 1 is 1.35 bits per heavy atom. The molecule has 0 aliphatic carbocycles. The van der Waals surface area contributed by atoms with Crippen molar-refractivity contribution in [2.24, 2.45) is 0 Å². The molecular weight excluding hydrogens is 318 g/mol. The van der Waals surface area contributed by atoms with E-state index in [1.807, 2.05) is 25.1 Å². The number of benzene rings is 1. The molecule has 0 unspecified atom stereocenters. The standard InChI is InChI=1S/C16H18ClN3O3/c1-3-19(9-8-15(21)22)16(23)13-10-11(2)20(18-13)14-7-5-4-6-12(14)17/h4-7,10H,3,8-9H2,1-2H3,(H,21,22). The van der Waals surface area contributed by atoms with E-state index in [0.29, 0.717) is 17.3 Å². The first-order chi connectivity index (χ1) is 10.9. The minimum absolute atomic E-state index is 0.0935. The van der Waals surface area contributed by atoms with Gasteiger partial charge in [-0.1, -0.05) is 23.7 Å². The molecular formula is C16H18ClN3O3. The summed E-state index contributed by atoms with van der Waals surface area (Å²) in [5.41, 5.74) is 1.74. The number of carboxylic acids is 1. The average Bonchev–Trinajstić information content (AvgIpc) is 2.89. The van der Waals surface area contributed by atoms with Crippen molar-refractivity contribution in [3.8, 4) is 5.69 Å². The predicted molar refractivity (Wildman–Crippen MR) is 87.1 cm³/mol. The second kappa shape index (κ2) is 7.28. The molecule has 0 saturated carbocycles. The van der Waals surface area contributed by atoms with Gasteiger partial charge < -0.3 is 10.0 Å². The molecule has 0 radical (unpaired) electrons. The highest BCUT2D eigenvalue weighted by atomic mass is 35.5. The van der Waals surface area contributed by atoms with E-state index in [2.05, 4.69) is 5.10 Å². The van der Waals surface area contributed by atoms with Crippen LogP contribution in [0, 0.1) is 6.92 Å². The normalized spacial score (nSPS) is 10.6. The highest BCUT2D eigenvalue weighted by Gasteiger charge is 2.20. The minimum atomic E-state index is -0.936. The summed E-state index contributed by atoms with van der Waals surface area (Å²) < 4.78 is 1.61. The maximum absolute atomic E-state index is 12.5. The molecule has 0 bridgehead atoms. The number of para-hydroxylation sites is 1. The molecule has 0 aliphatic rings. The quantitative estimate of drug-likeness (QED) is 0.880. The maximum Gasteiger partial charge on any atom is 0.305 e. The summed E-state index contributed by atoms with van der Waals surface area (Å²) in [6.07, 6.45) is -0.0935. The van der Waals surface area contributed by atoms with Gasteiger partial charge in [-0.3, -0.25) is 9.59 Å². The number of nitrogens with zero attached hydrogens (tertiary/aromatic N) is 3. The summed E-state index contributed by atoms with van der Waals surface area (Å²) in [6, 6.07) is 8.91. The van der Waals surface area contributed by atoms with Gasteiger partial charge in [0.2, 0.25) is 0 Å². The van der Waals surface area contributed by atoms with Gasteiger partial charge in [0.25, 0.3) is 5.91 Å². The van der Waals surface area contributed by atoms with Crippen molar-refractivity contribution in [3.63, 3.8) is 0 Å². The topological polar surface area (TPSA) is 75.4 Å². The Morgan fingerprint density at radius 2 is 2.04 bits per heavy atom. The molecule has 6 nitrogen and oxygen atoms in total. The number of aliphatic carboxylic acids is 1. The molecule has 1 aromatic heterocycles. The molecule has 1 N–H and O–H groups in total. The van der Waals surface area contributed by atoms with Crippen LogP contribution in [0.5, 0.6) is 0 Å². The number of amides is 1. The zero-order valence-electron chi connectivity index (χ0n) is 13.0. The first-order valence-electron chi connectivity index (χ1n) is 7.26. The number of hydrogen-bond acceptors (Lipinski definition) is 3. The largest absolute Gasteiger partial charge is 0.481 e. The number of carboxylic acid groups (broad SMARTS) is 1.